The average molecular weight is 283 g/mol. The first-order valence-corrected chi connectivity index (χ1v) is 6.76. The lowest BCUT2D eigenvalue weighted by Gasteiger charge is -2.26. The summed E-state index contributed by atoms with van der Waals surface area (Å²) < 4.78 is 0. The Kier molecular flexibility index (Phi) is 3.18. The predicted molar refractivity (Wildman–Crippen MR) is 71.9 cm³/mol. The monoisotopic (exact) mass is 283 g/mol. The van der Waals surface area contributed by atoms with Crippen LogP contribution in [-0.2, 0) is 9.59 Å². The average Bonchev–Trinajstić information content (AvgIpc) is 3.25. The van der Waals surface area contributed by atoms with Gasteiger partial charge in [0.05, 0.1) is 18.1 Å². The Morgan fingerprint density at radius 3 is 2.38 bits per heavy atom. The summed E-state index contributed by atoms with van der Waals surface area (Å²) in [5, 5.41) is 11.0. The molecule has 6 nitrogen and oxygen atoms in total. The fraction of sp³-hybridized carbons (Fsp3) is 0.333. The first-order valence-electron chi connectivity index (χ1n) is 6.76. The largest absolute Gasteiger partial charge is 0.323 e. The van der Waals surface area contributed by atoms with E-state index in [2.05, 4.69) is 5.32 Å². The molecule has 0 bridgehead atoms. The Hall–Kier alpha value is -2.68. The van der Waals surface area contributed by atoms with E-state index in [4.69, 9.17) is 5.26 Å². The fourth-order valence-electron chi connectivity index (χ4n) is 2.52. The number of hydrogen-bond donors (Lipinski definition) is 1. The van der Waals surface area contributed by atoms with Gasteiger partial charge in [-0.2, -0.15) is 5.26 Å². The van der Waals surface area contributed by atoms with Gasteiger partial charge >= 0.3 is 0 Å². The number of nitrogens with zero attached hydrogens (tertiary/aromatic N) is 2. The molecule has 1 saturated heterocycles. The molecule has 1 atom stereocenters. The van der Waals surface area contributed by atoms with Crippen LogP contribution in [0.15, 0.2) is 24.3 Å². The molecule has 106 valence electrons. The summed E-state index contributed by atoms with van der Waals surface area (Å²) in [4.78, 5) is 37.3. The van der Waals surface area contributed by atoms with Crippen molar-refractivity contribution >= 4 is 17.7 Å². The Bertz CT molecular complexity index is 656. The number of nitriles is 1. The van der Waals surface area contributed by atoms with Crippen molar-refractivity contribution in [1.82, 2.24) is 10.2 Å². The number of amides is 3. The molecule has 0 spiro atoms. The molecule has 0 unspecified atom stereocenters. The highest BCUT2D eigenvalue weighted by molar-refractivity contribution is 6.08. The van der Waals surface area contributed by atoms with Gasteiger partial charge in [-0.15, -0.1) is 0 Å². The molecule has 2 fully saturated rings. The van der Waals surface area contributed by atoms with E-state index >= 15 is 0 Å². The standard InChI is InChI=1S/C15H13N3O3/c16-8-9-1-3-10(4-2-9)15(21)18(11-5-6-11)12-7-13(19)17-14(12)20/h1-4,11-12H,5-7H2,(H,17,19,20)/t12-/m1/s1. The summed E-state index contributed by atoms with van der Waals surface area (Å²) in [5.41, 5.74) is 0.895. The van der Waals surface area contributed by atoms with Crippen LogP contribution in [0, 0.1) is 11.3 Å². The summed E-state index contributed by atoms with van der Waals surface area (Å²) in [6.45, 7) is 0. The summed E-state index contributed by atoms with van der Waals surface area (Å²) in [7, 11) is 0. The van der Waals surface area contributed by atoms with E-state index in [-0.39, 0.29) is 24.3 Å². The molecule has 1 aliphatic carbocycles. The minimum atomic E-state index is -0.715. The highest BCUT2D eigenvalue weighted by atomic mass is 16.2. The van der Waals surface area contributed by atoms with Gasteiger partial charge in [-0.25, -0.2) is 0 Å². The molecule has 1 saturated carbocycles. The van der Waals surface area contributed by atoms with E-state index in [1.165, 1.54) is 4.90 Å². The second kappa shape index (κ2) is 5.02. The number of hydrogen-bond acceptors (Lipinski definition) is 4. The summed E-state index contributed by atoms with van der Waals surface area (Å²) >= 11 is 0. The topological polar surface area (TPSA) is 90.3 Å². The third kappa shape index (κ3) is 2.50. The highest BCUT2D eigenvalue weighted by Crippen LogP contribution is 2.32. The summed E-state index contributed by atoms with van der Waals surface area (Å²) in [5.74, 6) is -1.02. The first-order chi connectivity index (χ1) is 10.1. The molecule has 0 radical (unpaired) electrons. The third-order valence-electron chi connectivity index (χ3n) is 3.72. The zero-order valence-electron chi connectivity index (χ0n) is 11.2. The lowest BCUT2D eigenvalue weighted by molar-refractivity contribution is -0.126. The van der Waals surface area contributed by atoms with E-state index in [0.29, 0.717) is 11.1 Å². The molecule has 1 aromatic carbocycles. The second-order valence-electron chi connectivity index (χ2n) is 5.27. The van der Waals surface area contributed by atoms with Gasteiger partial charge in [0.2, 0.25) is 11.8 Å². The van der Waals surface area contributed by atoms with Gasteiger partial charge in [0.15, 0.2) is 0 Å². The van der Waals surface area contributed by atoms with Crippen LogP contribution in [-0.4, -0.2) is 34.7 Å². The van der Waals surface area contributed by atoms with Gasteiger partial charge in [-0.05, 0) is 37.1 Å². The van der Waals surface area contributed by atoms with E-state index in [1.54, 1.807) is 24.3 Å². The van der Waals surface area contributed by atoms with Gasteiger partial charge in [0.1, 0.15) is 6.04 Å². The van der Waals surface area contributed by atoms with Crippen molar-refractivity contribution in [2.24, 2.45) is 0 Å². The number of carbonyl (C=O) groups excluding carboxylic acids is 3. The SMILES string of the molecule is N#Cc1ccc(C(=O)N(C2CC2)[C@@H]2CC(=O)NC2=O)cc1. The van der Waals surface area contributed by atoms with Crippen molar-refractivity contribution in [1.29, 1.82) is 5.26 Å². The molecule has 1 aliphatic heterocycles. The predicted octanol–water partition coefficient (Wildman–Crippen LogP) is 0.578. The second-order valence-corrected chi connectivity index (χ2v) is 5.27. The van der Waals surface area contributed by atoms with Crippen LogP contribution in [0.5, 0.6) is 0 Å². The summed E-state index contributed by atoms with van der Waals surface area (Å²) in [6, 6.07) is 7.58. The minimum absolute atomic E-state index is 0.0230. The highest BCUT2D eigenvalue weighted by Gasteiger charge is 2.44. The molecule has 0 aromatic heterocycles. The maximum atomic E-state index is 12.6. The van der Waals surface area contributed by atoms with Crippen molar-refractivity contribution in [3.63, 3.8) is 0 Å². The smallest absolute Gasteiger partial charge is 0.254 e. The van der Waals surface area contributed by atoms with Crippen LogP contribution in [0.25, 0.3) is 0 Å². The van der Waals surface area contributed by atoms with Gasteiger partial charge in [-0.3, -0.25) is 19.7 Å². The number of nitrogens with one attached hydrogen (secondary N) is 1. The molecular formula is C15H13N3O3. The number of benzene rings is 1. The molecule has 1 N–H and O–H groups in total. The number of carbonyl (C=O) groups is 3. The Morgan fingerprint density at radius 2 is 1.90 bits per heavy atom. The maximum absolute atomic E-state index is 12.6. The van der Waals surface area contributed by atoms with Crippen molar-refractivity contribution in [3.05, 3.63) is 35.4 Å². The minimum Gasteiger partial charge on any atom is -0.323 e. The molecule has 2 aliphatic rings. The first kappa shape index (κ1) is 13.3. The van der Waals surface area contributed by atoms with Crippen molar-refractivity contribution in [2.45, 2.75) is 31.3 Å². The maximum Gasteiger partial charge on any atom is 0.254 e. The zero-order chi connectivity index (χ0) is 15.0. The molecule has 1 aromatic rings. The van der Waals surface area contributed by atoms with Crippen LogP contribution in [0.1, 0.15) is 35.2 Å². The number of imide groups is 1. The Morgan fingerprint density at radius 1 is 1.24 bits per heavy atom. The lowest BCUT2D eigenvalue weighted by Crippen LogP contribution is -2.45. The zero-order valence-corrected chi connectivity index (χ0v) is 11.2. The third-order valence-corrected chi connectivity index (χ3v) is 3.72. The fourth-order valence-corrected chi connectivity index (χ4v) is 2.52. The van der Waals surface area contributed by atoms with Crippen molar-refractivity contribution < 1.29 is 14.4 Å². The molecule has 21 heavy (non-hydrogen) atoms. The van der Waals surface area contributed by atoms with Crippen LogP contribution >= 0.6 is 0 Å². The Balaban J connectivity index is 1.87. The lowest BCUT2D eigenvalue weighted by atomic mass is 10.1. The van der Waals surface area contributed by atoms with Gasteiger partial charge in [0, 0.05) is 11.6 Å². The van der Waals surface area contributed by atoms with E-state index < -0.39 is 11.9 Å². The van der Waals surface area contributed by atoms with Crippen molar-refractivity contribution in [3.8, 4) is 6.07 Å². The van der Waals surface area contributed by atoms with Gasteiger partial charge < -0.3 is 4.90 Å². The molecule has 6 heteroatoms. The molecule has 1 heterocycles. The molecule has 3 amide bonds. The van der Waals surface area contributed by atoms with Crippen LogP contribution < -0.4 is 5.32 Å². The van der Waals surface area contributed by atoms with Crippen LogP contribution in [0.2, 0.25) is 0 Å². The van der Waals surface area contributed by atoms with E-state index in [0.717, 1.165) is 12.8 Å². The van der Waals surface area contributed by atoms with E-state index in [1.807, 2.05) is 6.07 Å². The summed E-state index contributed by atoms with van der Waals surface area (Å²) in [6.07, 6.45) is 1.72. The number of rotatable bonds is 3. The molecular weight excluding hydrogens is 270 g/mol. The van der Waals surface area contributed by atoms with Crippen molar-refractivity contribution in [2.75, 3.05) is 0 Å². The molecule has 3 rings (SSSR count). The Labute approximate surface area is 121 Å². The normalized spacial score (nSPS) is 20.8. The van der Waals surface area contributed by atoms with Crippen LogP contribution in [0.4, 0.5) is 0 Å². The quantitative estimate of drug-likeness (QED) is 0.821. The van der Waals surface area contributed by atoms with E-state index in [9.17, 15) is 14.4 Å². The van der Waals surface area contributed by atoms with Gasteiger partial charge in [0.25, 0.3) is 5.91 Å². The van der Waals surface area contributed by atoms with Crippen LogP contribution in [0.3, 0.4) is 0 Å². The van der Waals surface area contributed by atoms with Gasteiger partial charge in [-0.1, -0.05) is 0 Å².